The van der Waals surface area contributed by atoms with Gasteiger partial charge < -0.3 is 24.5 Å². The molecule has 4 heterocycles. The summed E-state index contributed by atoms with van der Waals surface area (Å²) < 4.78 is 31.5. The number of rotatable bonds is 7. The number of H-pyrrole nitrogens is 1. The van der Waals surface area contributed by atoms with E-state index in [-0.39, 0.29) is 30.9 Å². The number of imidazole rings is 1. The molecule has 0 radical (unpaired) electrons. The molecule has 3 aromatic heterocycles. The van der Waals surface area contributed by atoms with Crippen LogP contribution in [0.15, 0.2) is 91.4 Å². The summed E-state index contributed by atoms with van der Waals surface area (Å²) >= 11 is 0. The number of aromatic amines is 1. The maximum Gasteiger partial charge on any atom is 0.322 e. The van der Waals surface area contributed by atoms with Gasteiger partial charge in [-0.25, -0.2) is 14.4 Å². The van der Waals surface area contributed by atoms with Gasteiger partial charge in [-0.15, -0.1) is 0 Å². The number of carbonyl (C=O) groups is 1. The molecule has 0 atom stereocenters. The zero-order valence-corrected chi connectivity index (χ0v) is 22.0. The SMILES string of the molecule is CC1(C(=O)Nc2cccnc2)COC(c2nc(-c3ccc(F)cc3)c(-c3ccnc(Oc4ccccc4)n3)[nH]2)OC1. The van der Waals surface area contributed by atoms with Crippen molar-refractivity contribution in [3.05, 3.63) is 103 Å². The molecular weight excluding hydrogens is 527 g/mol. The molecule has 41 heavy (non-hydrogen) atoms. The van der Waals surface area contributed by atoms with E-state index in [0.717, 1.165) is 0 Å². The lowest BCUT2D eigenvalue weighted by Gasteiger charge is -2.35. The normalized spacial score (nSPS) is 18.5. The molecule has 6 rings (SSSR count). The zero-order chi connectivity index (χ0) is 28.2. The molecule has 1 fully saturated rings. The van der Waals surface area contributed by atoms with Gasteiger partial charge in [-0.2, -0.15) is 4.98 Å². The lowest BCUT2D eigenvalue weighted by atomic mass is 9.91. The van der Waals surface area contributed by atoms with Crippen molar-refractivity contribution < 1.29 is 23.4 Å². The number of carbonyl (C=O) groups excluding carboxylic acids is 1. The molecule has 0 saturated carbocycles. The molecule has 0 aliphatic carbocycles. The van der Waals surface area contributed by atoms with Crippen LogP contribution in [-0.4, -0.2) is 44.0 Å². The number of benzene rings is 2. The maximum atomic E-state index is 13.7. The largest absolute Gasteiger partial charge is 0.424 e. The molecule has 10 nitrogen and oxygen atoms in total. The average molecular weight is 553 g/mol. The van der Waals surface area contributed by atoms with E-state index in [9.17, 15) is 9.18 Å². The Morgan fingerprint density at radius 2 is 1.78 bits per heavy atom. The van der Waals surface area contributed by atoms with E-state index in [0.29, 0.717) is 39.9 Å². The third-order valence-corrected chi connectivity index (χ3v) is 6.48. The van der Waals surface area contributed by atoms with E-state index in [1.54, 1.807) is 68.0 Å². The number of amides is 1. The number of hydrogen-bond donors (Lipinski definition) is 2. The topological polar surface area (TPSA) is 124 Å². The second kappa shape index (κ2) is 11.2. The molecule has 11 heteroatoms. The summed E-state index contributed by atoms with van der Waals surface area (Å²) in [5, 5.41) is 2.85. The summed E-state index contributed by atoms with van der Waals surface area (Å²) in [5.74, 6) is 0.351. The Morgan fingerprint density at radius 3 is 2.51 bits per heavy atom. The minimum absolute atomic E-state index is 0.0915. The quantitative estimate of drug-likeness (QED) is 0.269. The van der Waals surface area contributed by atoms with Crippen molar-refractivity contribution >= 4 is 11.6 Å². The molecule has 0 bridgehead atoms. The van der Waals surface area contributed by atoms with Crippen LogP contribution >= 0.6 is 0 Å². The van der Waals surface area contributed by atoms with Crippen molar-refractivity contribution in [1.29, 1.82) is 0 Å². The first-order valence-corrected chi connectivity index (χ1v) is 12.8. The number of nitrogens with one attached hydrogen (secondary N) is 2. The predicted octanol–water partition coefficient (Wildman–Crippen LogP) is 5.55. The molecule has 206 valence electrons. The second-order valence-corrected chi connectivity index (χ2v) is 9.70. The first-order valence-electron chi connectivity index (χ1n) is 12.8. The Labute approximate surface area is 234 Å². The van der Waals surface area contributed by atoms with E-state index in [1.165, 1.54) is 12.1 Å². The van der Waals surface area contributed by atoms with Crippen molar-refractivity contribution in [1.82, 2.24) is 24.9 Å². The molecule has 1 saturated heterocycles. The zero-order valence-electron chi connectivity index (χ0n) is 22.0. The van der Waals surface area contributed by atoms with E-state index in [4.69, 9.17) is 19.2 Å². The van der Waals surface area contributed by atoms with Crippen molar-refractivity contribution in [2.75, 3.05) is 18.5 Å². The van der Waals surface area contributed by atoms with Gasteiger partial charge in [0, 0.05) is 18.0 Å². The van der Waals surface area contributed by atoms with Crippen molar-refractivity contribution in [3.63, 3.8) is 0 Å². The average Bonchev–Trinajstić information content (AvgIpc) is 3.45. The number of aromatic nitrogens is 5. The van der Waals surface area contributed by atoms with Gasteiger partial charge in [0.2, 0.25) is 12.2 Å². The molecule has 0 spiro atoms. The van der Waals surface area contributed by atoms with Crippen molar-refractivity contribution in [2.45, 2.75) is 13.2 Å². The fourth-order valence-corrected chi connectivity index (χ4v) is 4.25. The van der Waals surface area contributed by atoms with E-state index in [1.807, 2.05) is 18.2 Å². The minimum atomic E-state index is -0.933. The highest BCUT2D eigenvalue weighted by Crippen LogP contribution is 2.36. The summed E-state index contributed by atoms with van der Waals surface area (Å²) in [5.41, 5.74) is 1.87. The van der Waals surface area contributed by atoms with Gasteiger partial charge in [0.1, 0.15) is 11.6 Å². The lowest BCUT2D eigenvalue weighted by molar-refractivity contribution is -0.229. The predicted molar refractivity (Wildman–Crippen MR) is 147 cm³/mol. The Morgan fingerprint density at radius 1 is 1.00 bits per heavy atom. The van der Waals surface area contributed by atoms with Gasteiger partial charge >= 0.3 is 6.01 Å². The van der Waals surface area contributed by atoms with Crippen LogP contribution in [-0.2, 0) is 14.3 Å². The lowest BCUT2D eigenvalue weighted by Crippen LogP contribution is -2.45. The first kappa shape index (κ1) is 26.2. The monoisotopic (exact) mass is 552 g/mol. The van der Waals surface area contributed by atoms with Crippen LogP contribution < -0.4 is 10.1 Å². The van der Waals surface area contributed by atoms with E-state index in [2.05, 4.69) is 25.3 Å². The van der Waals surface area contributed by atoms with Crippen LogP contribution in [0, 0.1) is 11.2 Å². The van der Waals surface area contributed by atoms with Gasteiger partial charge in [0.25, 0.3) is 0 Å². The Balaban J connectivity index is 1.26. The van der Waals surface area contributed by atoms with Crippen LogP contribution in [0.25, 0.3) is 22.6 Å². The highest BCUT2D eigenvalue weighted by molar-refractivity contribution is 5.95. The van der Waals surface area contributed by atoms with E-state index < -0.39 is 11.7 Å². The summed E-state index contributed by atoms with van der Waals surface area (Å²) in [6.07, 6.45) is 3.91. The summed E-state index contributed by atoms with van der Waals surface area (Å²) in [7, 11) is 0. The highest BCUT2D eigenvalue weighted by Gasteiger charge is 2.41. The first-order chi connectivity index (χ1) is 20.0. The second-order valence-electron chi connectivity index (χ2n) is 9.70. The fraction of sp³-hybridized carbons (Fsp3) is 0.167. The van der Waals surface area contributed by atoms with E-state index >= 15 is 0 Å². The third kappa shape index (κ3) is 5.81. The number of halogens is 1. The number of hydrogen-bond acceptors (Lipinski definition) is 8. The van der Waals surface area contributed by atoms with Crippen LogP contribution in [0.4, 0.5) is 10.1 Å². The number of nitrogens with zero attached hydrogens (tertiary/aromatic N) is 4. The van der Waals surface area contributed by atoms with Gasteiger partial charge in [-0.05, 0) is 61.5 Å². The molecule has 1 aliphatic rings. The summed E-state index contributed by atoms with van der Waals surface area (Å²) in [6, 6.07) is 20.5. The van der Waals surface area contributed by atoms with Crippen LogP contribution in [0.5, 0.6) is 11.8 Å². The maximum absolute atomic E-state index is 13.7. The molecule has 1 aliphatic heterocycles. The van der Waals surface area contributed by atoms with Crippen LogP contribution in [0.3, 0.4) is 0 Å². The molecule has 1 amide bonds. The van der Waals surface area contributed by atoms with Crippen molar-refractivity contribution in [3.8, 4) is 34.4 Å². The standard InChI is InChI=1S/C30H25FN6O4/c1-30(28(38)34-21-6-5-14-32-16-21)17-39-27(40-18-30)26-36-24(19-9-11-20(31)12-10-19)25(37-26)23-13-15-33-29(35-23)41-22-7-3-2-4-8-22/h2-16,27H,17-18H2,1H3,(H,34,38)(H,36,37). The molecule has 2 N–H and O–H groups in total. The Hall–Kier alpha value is -5.00. The molecule has 0 unspecified atom stereocenters. The minimum Gasteiger partial charge on any atom is -0.424 e. The summed E-state index contributed by atoms with van der Waals surface area (Å²) in [6.45, 7) is 1.95. The van der Waals surface area contributed by atoms with Gasteiger partial charge in [0.15, 0.2) is 5.82 Å². The van der Waals surface area contributed by atoms with Gasteiger partial charge in [-0.3, -0.25) is 9.78 Å². The third-order valence-electron chi connectivity index (χ3n) is 6.48. The highest BCUT2D eigenvalue weighted by atomic mass is 19.1. The molecular formula is C30H25FN6O4. The van der Waals surface area contributed by atoms with Crippen LogP contribution in [0.1, 0.15) is 19.0 Å². The van der Waals surface area contributed by atoms with Gasteiger partial charge in [0.05, 0.1) is 47.6 Å². The number of anilines is 1. The Bertz CT molecular complexity index is 1640. The fourth-order valence-electron chi connectivity index (χ4n) is 4.25. The smallest absolute Gasteiger partial charge is 0.322 e. The molecule has 5 aromatic rings. The number of pyridine rings is 1. The van der Waals surface area contributed by atoms with Crippen molar-refractivity contribution in [2.24, 2.45) is 5.41 Å². The van der Waals surface area contributed by atoms with Gasteiger partial charge in [-0.1, -0.05) is 18.2 Å². The Kier molecular flexibility index (Phi) is 7.19. The van der Waals surface area contributed by atoms with Crippen LogP contribution in [0.2, 0.25) is 0 Å². The summed E-state index contributed by atoms with van der Waals surface area (Å²) in [4.78, 5) is 33.8. The number of ether oxygens (including phenoxy) is 3. The molecule has 2 aromatic carbocycles. The number of para-hydroxylation sites is 1.